The minimum Gasteiger partial charge on any atom is -0.484 e. The van der Waals surface area contributed by atoms with Crippen LogP contribution < -0.4 is 4.74 Å². The molecule has 1 N–H and O–H groups in total. The second-order valence-electron chi connectivity index (χ2n) is 5.02. The maximum Gasteiger partial charge on any atom is 0.303 e. The van der Waals surface area contributed by atoms with Crippen LogP contribution in [0.25, 0.3) is 0 Å². The van der Waals surface area contributed by atoms with Gasteiger partial charge in [0.25, 0.3) is 5.91 Å². The normalized spacial score (nSPS) is 15.9. The zero-order valence-corrected chi connectivity index (χ0v) is 11.3. The Bertz CT molecular complexity index is 452. The van der Waals surface area contributed by atoms with Crippen LogP contribution in [0.15, 0.2) is 30.3 Å². The maximum atomic E-state index is 12.0. The smallest absolute Gasteiger partial charge is 0.303 e. The third-order valence-corrected chi connectivity index (χ3v) is 3.54. The molecule has 1 heterocycles. The molecule has 0 aromatic heterocycles. The predicted molar refractivity (Wildman–Crippen MR) is 73.5 cm³/mol. The number of carboxylic acid groups (broad SMARTS) is 1. The van der Waals surface area contributed by atoms with E-state index in [1.54, 1.807) is 4.90 Å². The van der Waals surface area contributed by atoms with E-state index in [1.165, 1.54) is 0 Å². The highest BCUT2D eigenvalue weighted by atomic mass is 16.5. The molecule has 1 saturated heterocycles. The molecule has 0 atom stereocenters. The van der Waals surface area contributed by atoms with Crippen molar-refractivity contribution in [3.63, 3.8) is 0 Å². The van der Waals surface area contributed by atoms with Crippen molar-refractivity contribution >= 4 is 11.9 Å². The number of aliphatic carboxylic acids is 1. The molecule has 1 aliphatic rings. The summed E-state index contributed by atoms with van der Waals surface area (Å²) in [5.74, 6) is 0.0676. The third kappa shape index (κ3) is 4.26. The van der Waals surface area contributed by atoms with E-state index in [-0.39, 0.29) is 24.9 Å². The van der Waals surface area contributed by atoms with Crippen molar-refractivity contribution < 1.29 is 19.4 Å². The number of para-hydroxylation sites is 1. The number of benzene rings is 1. The topological polar surface area (TPSA) is 66.8 Å². The van der Waals surface area contributed by atoms with Gasteiger partial charge in [0.15, 0.2) is 6.61 Å². The molecule has 2 rings (SSSR count). The summed E-state index contributed by atoms with van der Waals surface area (Å²) in [4.78, 5) is 24.4. The number of amides is 1. The first-order chi connectivity index (χ1) is 9.65. The van der Waals surface area contributed by atoms with Crippen LogP contribution in [0.4, 0.5) is 0 Å². The van der Waals surface area contributed by atoms with E-state index in [0.717, 1.165) is 12.8 Å². The van der Waals surface area contributed by atoms with Crippen LogP contribution in [0.1, 0.15) is 19.3 Å². The number of rotatable bonds is 5. The fraction of sp³-hybridized carbons (Fsp3) is 0.467. The fourth-order valence-electron chi connectivity index (χ4n) is 2.39. The van der Waals surface area contributed by atoms with Crippen molar-refractivity contribution in [1.82, 2.24) is 4.90 Å². The number of likely N-dealkylation sites (tertiary alicyclic amines) is 1. The van der Waals surface area contributed by atoms with Crippen molar-refractivity contribution in [3.8, 4) is 5.75 Å². The van der Waals surface area contributed by atoms with E-state index < -0.39 is 5.97 Å². The summed E-state index contributed by atoms with van der Waals surface area (Å²) in [5.41, 5.74) is 0. The summed E-state index contributed by atoms with van der Waals surface area (Å²) in [5, 5.41) is 8.75. The van der Waals surface area contributed by atoms with Crippen molar-refractivity contribution in [1.29, 1.82) is 0 Å². The lowest BCUT2D eigenvalue weighted by molar-refractivity contribution is -0.139. The number of hydrogen-bond donors (Lipinski definition) is 1. The summed E-state index contributed by atoms with van der Waals surface area (Å²) in [7, 11) is 0. The summed E-state index contributed by atoms with van der Waals surface area (Å²) in [6, 6.07) is 9.23. The van der Waals surface area contributed by atoms with Gasteiger partial charge in [0.2, 0.25) is 0 Å². The number of ether oxygens (including phenoxy) is 1. The van der Waals surface area contributed by atoms with Crippen molar-refractivity contribution in [2.24, 2.45) is 5.92 Å². The summed E-state index contributed by atoms with van der Waals surface area (Å²) < 4.78 is 5.43. The van der Waals surface area contributed by atoms with Crippen LogP contribution in [0.2, 0.25) is 0 Å². The molecule has 1 amide bonds. The van der Waals surface area contributed by atoms with Gasteiger partial charge in [-0.3, -0.25) is 9.59 Å². The number of carboxylic acids is 1. The molecule has 0 bridgehead atoms. The SMILES string of the molecule is O=C(O)CC1CCN(C(=O)COc2ccccc2)CC1. The van der Waals surface area contributed by atoms with Crippen LogP contribution >= 0.6 is 0 Å². The Morgan fingerprint density at radius 1 is 1.20 bits per heavy atom. The van der Waals surface area contributed by atoms with Crippen LogP contribution in [0, 0.1) is 5.92 Å². The minimum atomic E-state index is -0.762. The Labute approximate surface area is 118 Å². The van der Waals surface area contributed by atoms with E-state index in [1.807, 2.05) is 30.3 Å². The van der Waals surface area contributed by atoms with Crippen molar-refractivity contribution in [2.75, 3.05) is 19.7 Å². The standard InChI is InChI=1S/C15H19NO4/c17-14(11-20-13-4-2-1-3-5-13)16-8-6-12(7-9-16)10-15(18)19/h1-5,12H,6-11H2,(H,18,19). The first-order valence-electron chi connectivity index (χ1n) is 6.82. The second-order valence-corrected chi connectivity index (χ2v) is 5.02. The van der Waals surface area contributed by atoms with Crippen LogP contribution in [0.5, 0.6) is 5.75 Å². The molecular weight excluding hydrogens is 258 g/mol. The fourth-order valence-corrected chi connectivity index (χ4v) is 2.39. The molecule has 1 aromatic rings. The molecule has 5 nitrogen and oxygen atoms in total. The molecule has 1 fully saturated rings. The number of piperidine rings is 1. The van der Waals surface area contributed by atoms with Gasteiger partial charge in [0.1, 0.15) is 5.75 Å². The molecule has 1 aromatic carbocycles. The van der Waals surface area contributed by atoms with Gasteiger partial charge in [-0.05, 0) is 30.9 Å². The highest BCUT2D eigenvalue weighted by Gasteiger charge is 2.24. The summed E-state index contributed by atoms with van der Waals surface area (Å²) in [6.45, 7) is 1.28. The molecule has 1 aliphatic heterocycles. The average Bonchev–Trinajstić information content (AvgIpc) is 2.46. The van der Waals surface area contributed by atoms with E-state index in [0.29, 0.717) is 18.8 Å². The Morgan fingerprint density at radius 3 is 2.45 bits per heavy atom. The summed E-state index contributed by atoms with van der Waals surface area (Å²) >= 11 is 0. The first kappa shape index (κ1) is 14.4. The number of nitrogens with zero attached hydrogens (tertiary/aromatic N) is 1. The molecule has 5 heteroatoms. The van der Waals surface area contributed by atoms with Crippen molar-refractivity contribution in [2.45, 2.75) is 19.3 Å². The monoisotopic (exact) mass is 277 g/mol. The number of carbonyl (C=O) groups excluding carboxylic acids is 1. The van der Waals surface area contributed by atoms with Crippen LogP contribution in [0.3, 0.4) is 0 Å². The number of hydrogen-bond acceptors (Lipinski definition) is 3. The van der Waals surface area contributed by atoms with E-state index in [9.17, 15) is 9.59 Å². The Kier molecular flexibility index (Phi) is 4.98. The molecule has 20 heavy (non-hydrogen) atoms. The van der Waals surface area contributed by atoms with Gasteiger partial charge < -0.3 is 14.7 Å². The predicted octanol–water partition coefficient (Wildman–Crippen LogP) is 1.78. The number of carbonyl (C=O) groups is 2. The molecular formula is C15H19NO4. The van der Waals surface area contributed by atoms with E-state index in [4.69, 9.17) is 9.84 Å². The highest BCUT2D eigenvalue weighted by Crippen LogP contribution is 2.20. The molecule has 108 valence electrons. The quantitative estimate of drug-likeness (QED) is 0.891. The van der Waals surface area contributed by atoms with Gasteiger partial charge in [0, 0.05) is 19.5 Å². The molecule has 0 unspecified atom stereocenters. The Morgan fingerprint density at radius 2 is 1.85 bits per heavy atom. The van der Waals surface area contributed by atoms with Crippen molar-refractivity contribution in [3.05, 3.63) is 30.3 Å². The molecule has 0 saturated carbocycles. The Hall–Kier alpha value is -2.04. The average molecular weight is 277 g/mol. The first-order valence-corrected chi connectivity index (χ1v) is 6.82. The lowest BCUT2D eigenvalue weighted by Crippen LogP contribution is -2.41. The van der Waals surface area contributed by atoms with Gasteiger partial charge in [-0.15, -0.1) is 0 Å². The van der Waals surface area contributed by atoms with E-state index >= 15 is 0 Å². The Balaban J connectivity index is 1.73. The second kappa shape index (κ2) is 6.93. The largest absolute Gasteiger partial charge is 0.484 e. The zero-order valence-electron chi connectivity index (χ0n) is 11.3. The molecule has 0 spiro atoms. The minimum absolute atomic E-state index is 0.0353. The van der Waals surface area contributed by atoms with Gasteiger partial charge in [0.05, 0.1) is 0 Å². The zero-order chi connectivity index (χ0) is 14.4. The third-order valence-electron chi connectivity index (χ3n) is 3.54. The highest BCUT2D eigenvalue weighted by molar-refractivity contribution is 5.77. The van der Waals surface area contributed by atoms with Crippen LogP contribution in [-0.4, -0.2) is 41.6 Å². The van der Waals surface area contributed by atoms with Gasteiger partial charge in [-0.25, -0.2) is 0 Å². The van der Waals surface area contributed by atoms with Crippen LogP contribution in [-0.2, 0) is 9.59 Å². The maximum absolute atomic E-state index is 12.0. The summed E-state index contributed by atoms with van der Waals surface area (Å²) in [6.07, 6.45) is 1.70. The lowest BCUT2D eigenvalue weighted by Gasteiger charge is -2.31. The van der Waals surface area contributed by atoms with Gasteiger partial charge >= 0.3 is 5.97 Å². The van der Waals surface area contributed by atoms with Gasteiger partial charge in [-0.2, -0.15) is 0 Å². The van der Waals surface area contributed by atoms with Gasteiger partial charge in [-0.1, -0.05) is 18.2 Å². The molecule has 0 radical (unpaired) electrons. The molecule has 0 aliphatic carbocycles. The van der Waals surface area contributed by atoms with E-state index in [2.05, 4.69) is 0 Å². The lowest BCUT2D eigenvalue weighted by atomic mass is 9.94.